The van der Waals surface area contributed by atoms with Crippen molar-refractivity contribution in [1.29, 1.82) is 0 Å². The average molecular weight is 441 g/mol. The van der Waals surface area contributed by atoms with Crippen LogP contribution in [0.15, 0.2) is 18.3 Å². The summed E-state index contributed by atoms with van der Waals surface area (Å²) in [6, 6.07) is 3.69. The SMILES string of the molecule is O=C(c1nc2ccc(Cl)cn2c1CNCc1n[nH]c2c1CCC2)N1CCCCCCC1. The van der Waals surface area contributed by atoms with Gasteiger partial charge in [0.15, 0.2) is 5.69 Å². The molecule has 0 aromatic carbocycles. The van der Waals surface area contributed by atoms with E-state index < -0.39 is 0 Å². The number of halogens is 1. The predicted octanol–water partition coefficient (Wildman–Crippen LogP) is 3.90. The van der Waals surface area contributed by atoms with Crippen LogP contribution in [0.4, 0.5) is 0 Å². The van der Waals surface area contributed by atoms with Crippen LogP contribution in [0.1, 0.15) is 71.7 Å². The molecule has 31 heavy (non-hydrogen) atoms. The van der Waals surface area contributed by atoms with Crippen molar-refractivity contribution in [3.63, 3.8) is 0 Å². The zero-order valence-electron chi connectivity index (χ0n) is 17.8. The van der Waals surface area contributed by atoms with E-state index in [1.54, 1.807) is 0 Å². The van der Waals surface area contributed by atoms with E-state index in [1.807, 2.05) is 27.6 Å². The lowest BCUT2D eigenvalue weighted by atomic mass is 10.1. The minimum absolute atomic E-state index is 0.0270. The number of aryl methyl sites for hydroxylation is 1. The van der Waals surface area contributed by atoms with Gasteiger partial charge < -0.3 is 14.6 Å². The third-order valence-corrected chi connectivity index (χ3v) is 6.73. The number of likely N-dealkylation sites (tertiary alicyclic amines) is 1. The third kappa shape index (κ3) is 4.21. The summed E-state index contributed by atoms with van der Waals surface area (Å²) in [7, 11) is 0. The summed E-state index contributed by atoms with van der Waals surface area (Å²) in [5, 5.41) is 11.8. The van der Waals surface area contributed by atoms with Crippen molar-refractivity contribution in [2.24, 2.45) is 0 Å². The minimum Gasteiger partial charge on any atom is -0.337 e. The Morgan fingerprint density at radius 2 is 1.87 bits per heavy atom. The van der Waals surface area contributed by atoms with E-state index in [-0.39, 0.29) is 5.91 Å². The summed E-state index contributed by atoms with van der Waals surface area (Å²) in [5.41, 5.74) is 5.84. The minimum atomic E-state index is 0.0270. The molecule has 2 aliphatic rings. The summed E-state index contributed by atoms with van der Waals surface area (Å²) in [6.45, 7) is 2.80. The Bertz CT molecular complexity index is 1080. The molecule has 0 radical (unpaired) electrons. The number of H-pyrrole nitrogens is 1. The molecular formula is C23H29ClN6O. The van der Waals surface area contributed by atoms with Gasteiger partial charge >= 0.3 is 0 Å². The predicted molar refractivity (Wildman–Crippen MR) is 120 cm³/mol. The molecule has 1 aliphatic heterocycles. The van der Waals surface area contributed by atoms with Gasteiger partial charge in [-0.1, -0.05) is 30.9 Å². The van der Waals surface area contributed by atoms with Crippen molar-refractivity contribution >= 4 is 23.2 Å². The lowest BCUT2D eigenvalue weighted by molar-refractivity contribution is 0.0735. The van der Waals surface area contributed by atoms with Crippen LogP contribution in [0.3, 0.4) is 0 Å². The Morgan fingerprint density at radius 3 is 2.71 bits per heavy atom. The summed E-state index contributed by atoms with van der Waals surface area (Å²) in [5.74, 6) is 0.0270. The van der Waals surface area contributed by atoms with E-state index >= 15 is 0 Å². The highest BCUT2D eigenvalue weighted by molar-refractivity contribution is 6.30. The molecule has 164 valence electrons. The molecule has 0 saturated carbocycles. The Balaban J connectivity index is 1.39. The first-order chi connectivity index (χ1) is 15.2. The molecule has 0 spiro atoms. The molecule has 1 aliphatic carbocycles. The normalized spacial score (nSPS) is 17.0. The Morgan fingerprint density at radius 1 is 1.06 bits per heavy atom. The molecule has 4 heterocycles. The zero-order chi connectivity index (χ0) is 21.2. The molecule has 0 atom stereocenters. The van der Waals surface area contributed by atoms with E-state index in [9.17, 15) is 4.79 Å². The van der Waals surface area contributed by atoms with Crippen LogP contribution in [0.5, 0.6) is 0 Å². The van der Waals surface area contributed by atoms with Crippen LogP contribution < -0.4 is 5.32 Å². The van der Waals surface area contributed by atoms with Crippen LogP contribution >= 0.6 is 11.6 Å². The number of aromatic nitrogens is 4. The van der Waals surface area contributed by atoms with E-state index in [1.165, 1.54) is 36.9 Å². The van der Waals surface area contributed by atoms with Gasteiger partial charge in [0.1, 0.15) is 5.65 Å². The van der Waals surface area contributed by atoms with E-state index in [4.69, 9.17) is 16.6 Å². The first-order valence-electron chi connectivity index (χ1n) is 11.4. The molecule has 2 N–H and O–H groups in total. The third-order valence-electron chi connectivity index (χ3n) is 6.50. The maximum Gasteiger partial charge on any atom is 0.274 e. The Labute approximate surface area is 187 Å². The fraction of sp³-hybridized carbons (Fsp3) is 0.522. The number of fused-ring (bicyclic) bond motifs is 2. The number of rotatable bonds is 5. The average Bonchev–Trinajstić information content (AvgIpc) is 3.43. The topological polar surface area (TPSA) is 78.3 Å². The van der Waals surface area contributed by atoms with Crippen LogP contribution in [-0.4, -0.2) is 43.5 Å². The highest BCUT2D eigenvalue weighted by atomic mass is 35.5. The second-order valence-corrected chi connectivity index (χ2v) is 9.06. The molecule has 1 fully saturated rings. The monoisotopic (exact) mass is 440 g/mol. The first kappa shape index (κ1) is 20.5. The Kier molecular flexibility index (Phi) is 5.96. The molecule has 0 unspecified atom stereocenters. The lowest BCUT2D eigenvalue weighted by Crippen LogP contribution is -2.35. The second-order valence-electron chi connectivity index (χ2n) is 8.63. The molecule has 0 bridgehead atoms. The molecular weight excluding hydrogens is 412 g/mol. The van der Waals surface area contributed by atoms with Crippen molar-refractivity contribution in [1.82, 2.24) is 29.8 Å². The molecule has 1 saturated heterocycles. The number of carbonyl (C=O) groups is 1. The fourth-order valence-electron chi connectivity index (χ4n) is 4.84. The number of pyridine rings is 1. The fourth-order valence-corrected chi connectivity index (χ4v) is 5.00. The van der Waals surface area contributed by atoms with Crippen LogP contribution in [0.25, 0.3) is 5.65 Å². The summed E-state index contributed by atoms with van der Waals surface area (Å²) < 4.78 is 1.95. The number of nitrogens with zero attached hydrogens (tertiary/aromatic N) is 4. The van der Waals surface area contributed by atoms with Gasteiger partial charge in [0.25, 0.3) is 5.91 Å². The molecule has 3 aromatic heterocycles. The Hall–Kier alpha value is -2.38. The van der Waals surface area contributed by atoms with Crippen molar-refractivity contribution in [2.45, 2.75) is 64.5 Å². The molecule has 1 amide bonds. The molecule has 5 rings (SSSR count). The van der Waals surface area contributed by atoms with Crippen LogP contribution in [-0.2, 0) is 25.9 Å². The van der Waals surface area contributed by atoms with Gasteiger partial charge in [0.05, 0.1) is 16.4 Å². The number of amides is 1. The van der Waals surface area contributed by atoms with E-state index in [0.29, 0.717) is 23.8 Å². The molecule has 3 aromatic rings. The lowest BCUT2D eigenvalue weighted by Gasteiger charge is -2.24. The maximum absolute atomic E-state index is 13.5. The van der Waals surface area contributed by atoms with Crippen molar-refractivity contribution in [3.8, 4) is 0 Å². The van der Waals surface area contributed by atoms with Gasteiger partial charge in [0, 0.05) is 38.1 Å². The van der Waals surface area contributed by atoms with Crippen molar-refractivity contribution < 1.29 is 4.79 Å². The number of nitrogens with one attached hydrogen (secondary N) is 2. The van der Waals surface area contributed by atoms with E-state index in [2.05, 4.69) is 15.5 Å². The summed E-state index contributed by atoms with van der Waals surface area (Å²) in [6.07, 6.45) is 11.0. The highest BCUT2D eigenvalue weighted by Gasteiger charge is 2.25. The van der Waals surface area contributed by atoms with Gasteiger partial charge in [-0.25, -0.2) is 4.98 Å². The van der Waals surface area contributed by atoms with Crippen molar-refractivity contribution in [2.75, 3.05) is 13.1 Å². The van der Waals surface area contributed by atoms with Gasteiger partial charge in [-0.15, -0.1) is 0 Å². The highest BCUT2D eigenvalue weighted by Crippen LogP contribution is 2.23. The summed E-state index contributed by atoms with van der Waals surface area (Å²) in [4.78, 5) is 20.1. The first-order valence-corrected chi connectivity index (χ1v) is 11.8. The van der Waals surface area contributed by atoms with Crippen LogP contribution in [0, 0.1) is 0 Å². The smallest absolute Gasteiger partial charge is 0.274 e. The largest absolute Gasteiger partial charge is 0.337 e. The van der Waals surface area contributed by atoms with Gasteiger partial charge in [-0.2, -0.15) is 5.10 Å². The molecule has 7 nitrogen and oxygen atoms in total. The molecule has 8 heteroatoms. The number of hydrogen-bond donors (Lipinski definition) is 2. The van der Waals surface area contributed by atoms with Gasteiger partial charge in [-0.05, 0) is 49.8 Å². The van der Waals surface area contributed by atoms with E-state index in [0.717, 1.165) is 55.8 Å². The summed E-state index contributed by atoms with van der Waals surface area (Å²) >= 11 is 6.27. The maximum atomic E-state index is 13.5. The zero-order valence-corrected chi connectivity index (χ0v) is 18.5. The van der Waals surface area contributed by atoms with Gasteiger partial charge in [-0.3, -0.25) is 9.89 Å². The number of aromatic amines is 1. The standard InChI is InChI=1S/C23H29ClN6O/c24-16-9-10-21-26-22(23(31)29-11-4-2-1-3-5-12-29)20(30(21)15-16)14-25-13-19-17-7-6-8-18(17)27-28-19/h9-10,15,25H,1-8,11-14H2,(H,27,28). The number of hydrogen-bond acceptors (Lipinski definition) is 4. The quantitative estimate of drug-likeness (QED) is 0.630. The second kappa shape index (κ2) is 9.01. The van der Waals surface area contributed by atoms with Crippen molar-refractivity contribution in [3.05, 3.63) is 51.7 Å². The van der Waals surface area contributed by atoms with Crippen LogP contribution in [0.2, 0.25) is 5.02 Å². The van der Waals surface area contributed by atoms with Gasteiger partial charge in [0.2, 0.25) is 0 Å². The number of imidazole rings is 1. The number of carbonyl (C=O) groups excluding carboxylic acids is 1.